The first-order chi connectivity index (χ1) is 14.7. The number of furan rings is 1. The SMILES string of the molecule is O=C(C1Nc2cc(Cl)ccc2Sc2ccccc21)N1CCN(Cc2ccco2)CC1. The van der Waals surface area contributed by atoms with Crippen molar-refractivity contribution in [3.63, 3.8) is 0 Å². The summed E-state index contributed by atoms with van der Waals surface area (Å²) in [5.41, 5.74) is 1.91. The molecule has 3 aromatic rings. The van der Waals surface area contributed by atoms with Crippen LogP contribution in [0.1, 0.15) is 17.4 Å². The van der Waals surface area contributed by atoms with Crippen LogP contribution in [0.15, 0.2) is 75.1 Å². The van der Waals surface area contributed by atoms with Crippen molar-refractivity contribution < 1.29 is 9.21 Å². The molecular weight excluding hydrogens is 418 g/mol. The van der Waals surface area contributed by atoms with E-state index < -0.39 is 6.04 Å². The summed E-state index contributed by atoms with van der Waals surface area (Å²) < 4.78 is 5.46. The van der Waals surface area contributed by atoms with Crippen LogP contribution in [0.4, 0.5) is 5.69 Å². The van der Waals surface area contributed by atoms with E-state index >= 15 is 0 Å². The van der Waals surface area contributed by atoms with E-state index in [1.807, 2.05) is 53.4 Å². The highest BCUT2D eigenvalue weighted by atomic mass is 35.5. The van der Waals surface area contributed by atoms with E-state index in [-0.39, 0.29) is 5.91 Å². The second-order valence-electron chi connectivity index (χ2n) is 7.54. The number of hydrogen-bond donors (Lipinski definition) is 1. The topological polar surface area (TPSA) is 48.7 Å². The first-order valence-electron chi connectivity index (χ1n) is 10.0. The van der Waals surface area contributed by atoms with E-state index in [2.05, 4.69) is 16.3 Å². The van der Waals surface area contributed by atoms with E-state index in [1.165, 1.54) is 0 Å². The summed E-state index contributed by atoms with van der Waals surface area (Å²) in [6, 6.07) is 17.4. The van der Waals surface area contributed by atoms with Crippen molar-refractivity contribution in [2.75, 3.05) is 31.5 Å². The van der Waals surface area contributed by atoms with Gasteiger partial charge in [-0.15, -0.1) is 0 Å². The van der Waals surface area contributed by atoms with Gasteiger partial charge < -0.3 is 14.6 Å². The van der Waals surface area contributed by atoms with Gasteiger partial charge in [-0.3, -0.25) is 9.69 Å². The summed E-state index contributed by atoms with van der Waals surface area (Å²) in [6.45, 7) is 3.85. The molecule has 5 nitrogen and oxygen atoms in total. The summed E-state index contributed by atoms with van der Waals surface area (Å²) in [4.78, 5) is 20.0. The number of amides is 1. The minimum atomic E-state index is -0.426. The van der Waals surface area contributed by atoms with Crippen LogP contribution in [0, 0.1) is 0 Å². The first-order valence-corrected chi connectivity index (χ1v) is 11.2. The highest BCUT2D eigenvalue weighted by molar-refractivity contribution is 7.99. The average molecular weight is 440 g/mol. The van der Waals surface area contributed by atoms with Crippen molar-refractivity contribution in [1.82, 2.24) is 9.80 Å². The Hall–Kier alpha value is -2.41. The van der Waals surface area contributed by atoms with Crippen LogP contribution in [0.25, 0.3) is 0 Å². The number of rotatable bonds is 3. The van der Waals surface area contributed by atoms with Crippen molar-refractivity contribution in [2.45, 2.75) is 22.4 Å². The normalized spacial score (nSPS) is 18.8. The number of carbonyl (C=O) groups excluding carboxylic acids is 1. The Morgan fingerprint density at radius 2 is 1.90 bits per heavy atom. The molecule has 1 unspecified atom stereocenters. The number of nitrogens with zero attached hydrogens (tertiary/aromatic N) is 2. The lowest BCUT2D eigenvalue weighted by Crippen LogP contribution is -2.50. The van der Waals surface area contributed by atoms with Crippen molar-refractivity contribution >= 4 is 35.0 Å². The van der Waals surface area contributed by atoms with Gasteiger partial charge in [0.15, 0.2) is 0 Å². The maximum atomic E-state index is 13.6. The molecule has 1 atom stereocenters. The van der Waals surface area contributed by atoms with E-state index in [0.29, 0.717) is 18.1 Å². The van der Waals surface area contributed by atoms with Crippen molar-refractivity contribution in [3.05, 3.63) is 77.2 Å². The minimum Gasteiger partial charge on any atom is -0.468 e. The lowest BCUT2D eigenvalue weighted by Gasteiger charge is -2.36. The standard InChI is InChI=1S/C23H22ClN3O2S/c24-16-7-8-21-19(14-16)25-22(18-5-1-2-6-20(18)30-21)23(28)27-11-9-26(10-12-27)15-17-4-3-13-29-17/h1-8,13-14,22,25H,9-12,15H2. The molecule has 0 aliphatic carbocycles. The molecule has 2 aromatic carbocycles. The summed E-state index contributed by atoms with van der Waals surface area (Å²) >= 11 is 7.91. The van der Waals surface area contributed by atoms with E-state index in [0.717, 1.165) is 46.4 Å². The fourth-order valence-corrected chi connectivity index (χ4v) is 5.22. The molecule has 1 N–H and O–H groups in total. The quantitative estimate of drug-likeness (QED) is 0.629. The predicted molar refractivity (Wildman–Crippen MR) is 119 cm³/mol. The summed E-state index contributed by atoms with van der Waals surface area (Å²) in [6.07, 6.45) is 1.70. The number of halogens is 1. The van der Waals surface area contributed by atoms with E-state index in [4.69, 9.17) is 16.0 Å². The third-order valence-electron chi connectivity index (χ3n) is 5.58. The Balaban J connectivity index is 1.35. The Morgan fingerprint density at radius 1 is 1.07 bits per heavy atom. The van der Waals surface area contributed by atoms with Gasteiger partial charge in [0.05, 0.1) is 18.5 Å². The zero-order chi connectivity index (χ0) is 20.5. The predicted octanol–water partition coefficient (Wildman–Crippen LogP) is 4.90. The molecule has 0 radical (unpaired) electrons. The van der Waals surface area contributed by atoms with E-state index in [9.17, 15) is 4.79 Å². The molecule has 1 aromatic heterocycles. The average Bonchev–Trinajstić information content (AvgIpc) is 3.21. The largest absolute Gasteiger partial charge is 0.468 e. The summed E-state index contributed by atoms with van der Waals surface area (Å²) in [5.74, 6) is 1.06. The highest BCUT2D eigenvalue weighted by Gasteiger charge is 2.32. The third kappa shape index (κ3) is 3.95. The molecule has 0 bridgehead atoms. The molecule has 0 saturated carbocycles. The molecule has 154 valence electrons. The molecule has 7 heteroatoms. The number of carbonyl (C=O) groups is 1. The lowest BCUT2D eigenvalue weighted by atomic mass is 10.0. The van der Waals surface area contributed by atoms with Gasteiger partial charge in [-0.25, -0.2) is 0 Å². The first kappa shape index (κ1) is 19.5. The Kier molecular flexibility index (Phi) is 5.46. The van der Waals surface area contributed by atoms with Crippen LogP contribution in [0.3, 0.4) is 0 Å². The van der Waals surface area contributed by atoms with E-state index in [1.54, 1.807) is 18.0 Å². The van der Waals surface area contributed by atoms with Gasteiger partial charge in [0.2, 0.25) is 5.91 Å². The fourth-order valence-electron chi connectivity index (χ4n) is 3.99. The van der Waals surface area contributed by atoms with Gasteiger partial charge in [0.1, 0.15) is 11.8 Å². The zero-order valence-electron chi connectivity index (χ0n) is 16.4. The molecule has 1 saturated heterocycles. The lowest BCUT2D eigenvalue weighted by molar-refractivity contribution is -0.134. The number of piperazine rings is 1. The van der Waals surface area contributed by atoms with Crippen LogP contribution in [0.5, 0.6) is 0 Å². The molecule has 2 aliphatic rings. The third-order valence-corrected chi connectivity index (χ3v) is 6.98. The Labute approximate surface area is 185 Å². The molecule has 3 heterocycles. The maximum absolute atomic E-state index is 13.6. The smallest absolute Gasteiger partial charge is 0.249 e. The van der Waals surface area contributed by atoms with Gasteiger partial charge >= 0.3 is 0 Å². The Morgan fingerprint density at radius 3 is 2.70 bits per heavy atom. The van der Waals surface area contributed by atoms with Crippen LogP contribution >= 0.6 is 23.4 Å². The molecule has 30 heavy (non-hydrogen) atoms. The van der Waals surface area contributed by atoms with Gasteiger partial charge in [-0.1, -0.05) is 41.6 Å². The van der Waals surface area contributed by atoms with Gasteiger partial charge in [-0.05, 0) is 42.0 Å². The molecule has 0 spiro atoms. The van der Waals surface area contributed by atoms with Crippen LogP contribution < -0.4 is 5.32 Å². The molecule has 1 amide bonds. The highest BCUT2D eigenvalue weighted by Crippen LogP contribution is 2.43. The number of benzene rings is 2. The molecule has 5 rings (SSSR count). The van der Waals surface area contributed by atoms with Crippen molar-refractivity contribution in [2.24, 2.45) is 0 Å². The van der Waals surface area contributed by atoms with Gasteiger partial charge in [0, 0.05) is 41.0 Å². The number of anilines is 1. The van der Waals surface area contributed by atoms with Crippen LogP contribution in [-0.2, 0) is 11.3 Å². The Bertz CT molecular complexity index is 1050. The monoisotopic (exact) mass is 439 g/mol. The maximum Gasteiger partial charge on any atom is 0.249 e. The second-order valence-corrected chi connectivity index (χ2v) is 9.06. The molecular formula is C23H22ClN3O2S. The fraction of sp³-hybridized carbons (Fsp3) is 0.261. The second kappa shape index (κ2) is 8.38. The number of nitrogens with one attached hydrogen (secondary N) is 1. The minimum absolute atomic E-state index is 0.105. The zero-order valence-corrected chi connectivity index (χ0v) is 18.0. The van der Waals surface area contributed by atoms with Crippen molar-refractivity contribution in [3.8, 4) is 0 Å². The summed E-state index contributed by atoms with van der Waals surface area (Å²) in [5, 5.41) is 4.13. The summed E-state index contributed by atoms with van der Waals surface area (Å²) in [7, 11) is 0. The molecule has 2 aliphatic heterocycles. The van der Waals surface area contributed by atoms with Crippen LogP contribution in [0.2, 0.25) is 5.02 Å². The number of hydrogen-bond acceptors (Lipinski definition) is 5. The van der Waals surface area contributed by atoms with Crippen LogP contribution in [-0.4, -0.2) is 41.9 Å². The van der Waals surface area contributed by atoms with Crippen molar-refractivity contribution in [1.29, 1.82) is 0 Å². The number of fused-ring (bicyclic) bond motifs is 2. The van der Waals surface area contributed by atoms with Gasteiger partial charge in [0.25, 0.3) is 0 Å². The molecule has 1 fully saturated rings. The van der Waals surface area contributed by atoms with Gasteiger partial charge in [-0.2, -0.15) is 0 Å².